The number of halogens is 1. The molecule has 1 amide bonds. The summed E-state index contributed by atoms with van der Waals surface area (Å²) in [5.41, 5.74) is 0.879. The number of benzene rings is 1. The molecule has 1 aliphatic carbocycles. The lowest BCUT2D eigenvalue weighted by molar-refractivity contribution is -0.127. The molecule has 1 heterocycles. The van der Waals surface area contributed by atoms with Gasteiger partial charge in [-0.05, 0) is 30.5 Å². The normalized spacial score (nSPS) is 26.4. The van der Waals surface area contributed by atoms with Gasteiger partial charge in [0.2, 0.25) is 5.91 Å². The number of amides is 1. The molecule has 3 rings (SSSR count). The van der Waals surface area contributed by atoms with Gasteiger partial charge in [-0.2, -0.15) is 0 Å². The topological polar surface area (TPSA) is 29.1 Å². The Labute approximate surface area is 100 Å². The summed E-state index contributed by atoms with van der Waals surface area (Å²) >= 11 is 0. The van der Waals surface area contributed by atoms with E-state index in [1.54, 1.807) is 0 Å². The van der Waals surface area contributed by atoms with Crippen molar-refractivity contribution in [2.75, 3.05) is 6.54 Å². The zero-order valence-electron chi connectivity index (χ0n) is 9.71. The number of hydrogen-bond acceptors (Lipinski definition) is 1. The Hall–Kier alpha value is -1.38. The van der Waals surface area contributed by atoms with E-state index in [4.69, 9.17) is 0 Å². The summed E-state index contributed by atoms with van der Waals surface area (Å²) in [6.45, 7) is 0.699. The first-order valence-electron chi connectivity index (χ1n) is 6.26. The van der Waals surface area contributed by atoms with Crippen LogP contribution < -0.4 is 5.32 Å². The maximum Gasteiger partial charge on any atom is 0.226 e. The first kappa shape index (κ1) is 10.8. The Morgan fingerprint density at radius 2 is 1.82 bits per heavy atom. The second kappa shape index (κ2) is 3.83. The molecular weight excluding hydrogens is 217 g/mol. The van der Waals surface area contributed by atoms with Gasteiger partial charge in [0.1, 0.15) is 5.82 Å². The van der Waals surface area contributed by atoms with Gasteiger partial charge in [-0.25, -0.2) is 4.39 Å². The molecule has 1 aliphatic heterocycles. The number of carbonyl (C=O) groups is 1. The van der Waals surface area contributed by atoms with Gasteiger partial charge in [-0.1, -0.05) is 25.0 Å². The standard InChI is InChI=1S/C14H16FNO/c15-11-5-3-10(4-6-11)12-9-16-13(17)14(12)7-1-2-8-14/h3-6,12H,1-2,7-9H2,(H,16,17). The minimum atomic E-state index is -0.216. The summed E-state index contributed by atoms with van der Waals surface area (Å²) in [4.78, 5) is 12.1. The third-order valence-electron chi connectivity index (χ3n) is 4.35. The molecule has 1 aromatic rings. The Morgan fingerprint density at radius 3 is 2.47 bits per heavy atom. The molecule has 90 valence electrons. The van der Waals surface area contributed by atoms with E-state index in [0.29, 0.717) is 6.54 Å². The van der Waals surface area contributed by atoms with E-state index in [2.05, 4.69) is 5.32 Å². The smallest absolute Gasteiger partial charge is 0.226 e. The predicted octanol–water partition coefficient (Wildman–Crippen LogP) is 2.60. The van der Waals surface area contributed by atoms with Crippen molar-refractivity contribution >= 4 is 5.91 Å². The second-order valence-corrected chi connectivity index (χ2v) is 5.18. The van der Waals surface area contributed by atoms with Crippen LogP contribution in [0.2, 0.25) is 0 Å². The average molecular weight is 233 g/mol. The van der Waals surface area contributed by atoms with E-state index in [1.165, 1.54) is 12.1 Å². The quantitative estimate of drug-likeness (QED) is 0.793. The van der Waals surface area contributed by atoms with Gasteiger partial charge in [-0.15, -0.1) is 0 Å². The maximum atomic E-state index is 12.9. The first-order chi connectivity index (χ1) is 8.22. The molecule has 1 unspecified atom stereocenters. The monoisotopic (exact) mass is 233 g/mol. The molecule has 1 aromatic carbocycles. The van der Waals surface area contributed by atoms with Crippen molar-refractivity contribution in [1.29, 1.82) is 0 Å². The summed E-state index contributed by atoms with van der Waals surface area (Å²) in [5, 5.41) is 2.98. The summed E-state index contributed by atoms with van der Waals surface area (Å²) in [5.74, 6) is 0.203. The van der Waals surface area contributed by atoms with Crippen LogP contribution in [-0.2, 0) is 4.79 Å². The molecule has 17 heavy (non-hydrogen) atoms. The van der Waals surface area contributed by atoms with Crippen molar-refractivity contribution in [3.8, 4) is 0 Å². The SMILES string of the molecule is O=C1NCC(c2ccc(F)cc2)C12CCCC2. The molecule has 1 saturated heterocycles. The summed E-state index contributed by atoms with van der Waals surface area (Å²) < 4.78 is 12.9. The highest BCUT2D eigenvalue weighted by Gasteiger charge is 2.51. The number of hydrogen-bond donors (Lipinski definition) is 1. The van der Waals surface area contributed by atoms with E-state index < -0.39 is 0 Å². The van der Waals surface area contributed by atoms with Gasteiger partial charge in [0.25, 0.3) is 0 Å². The molecule has 1 atom stereocenters. The van der Waals surface area contributed by atoms with Gasteiger partial charge >= 0.3 is 0 Å². The Balaban J connectivity index is 1.97. The molecule has 2 aliphatic rings. The molecule has 0 bridgehead atoms. The Morgan fingerprint density at radius 1 is 1.18 bits per heavy atom. The lowest BCUT2D eigenvalue weighted by Gasteiger charge is -2.27. The lowest BCUT2D eigenvalue weighted by atomic mass is 9.73. The third kappa shape index (κ3) is 1.56. The zero-order chi connectivity index (χ0) is 11.9. The molecule has 2 fully saturated rings. The van der Waals surface area contributed by atoms with E-state index in [0.717, 1.165) is 31.2 Å². The van der Waals surface area contributed by atoms with E-state index in [-0.39, 0.29) is 23.1 Å². The zero-order valence-corrected chi connectivity index (χ0v) is 9.71. The third-order valence-corrected chi connectivity index (χ3v) is 4.35. The molecule has 3 heteroatoms. The first-order valence-corrected chi connectivity index (χ1v) is 6.26. The summed E-state index contributed by atoms with van der Waals surface area (Å²) in [6.07, 6.45) is 4.21. The molecule has 0 radical (unpaired) electrons. The van der Waals surface area contributed by atoms with Crippen LogP contribution in [-0.4, -0.2) is 12.5 Å². The minimum Gasteiger partial charge on any atom is -0.355 e. The fourth-order valence-corrected chi connectivity index (χ4v) is 3.44. The van der Waals surface area contributed by atoms with Crippen molar-refractivity contribution in [2.24, 2.45) is 5.41 Å². The van der Waals surface area contributed by atoms with Gasteiger partial charge < -0.3 is 5.32 Å². The molecule has 2 nitrogen and oxygen atoms in total. The van der Waals surface area contributed by atoms with Crippen molar-refractivity contribution in [3.63, 3.8) is 0 Å². The highest BCUT2D eigenvalue weighted by molar-refractivity contribution is 5.86. The van der Waals surface area contributed by atoms with Crippen molar-refractivity contribution in [3.05, 3.63) is 35.6 Å². The molecule has 1 spiro atoms. The fourth-order valence-electron chi connectivity index (χ4n) is 3.44. The minimum absolute atomic E-state index is 0.198. The predicted molar refractivity (Wildman–Crippen MR) is 63.1 cm³/mol. The van der Waals surface area contributed by atoms with E-state index in [1.807, 2.05) is 12.1 Å². The largest absolute Gasteiger partial charge is 0.355 e. The Bertz CT molecular complexity index is 434. The van der Waals surface area contributed by atoms with Gasteiger partial charge in [0.05, 0.1) is 5.41 Å². The van der Waals surface area contributed by atoms with E-state index in [9.17, 15) is 9.18 Å². The molecule has 0 aromatic heterocycles. The van der Waals surface area contributed by atoms with Crippen LogP contribution in [0, 0.1) is 11.2 Å². The molecule has 1 saturated carbocycles. The van der Waals surface area contributed by atoms with Crippen molar-refractivity contribution in [2.45, 2.75) is 31.6 Å². The van der Waals surface area contributed by atoms with Crippen molar-refractivity contribution in [1.82, 2.24) is 5.32 Å². The van der Waals surface area contributed by atoms with Gasteiger partial charge in [0, 0.05) is 12.5 Å². The van der Waals surface area contributed by atoms with Crippen LogP contribution in [0.1, 0.15) is 37.2 Å². The van der Waals surface area contributed by atoms with Crippen LogP contribution in [0.5, 0.6) is 0 Å². The summed E-state index contributed by atoms with van der Waals surface area (Å²) in [6, 6.07) is 6.61. The Kier molecular flexibility index (Phi) is 2.42. The number of rotatable bonds is 1. The fraction of sp³-hybridized carbons (Fsp3) is 0.500. The average Bonchev–Trinajstić information content (AvgIpc) is 2.92. The van der Waals surface area contributed by atoms with Gasteiger partial charge in [-0.3, -0.25) is 4.79 Å². The van der Waals surface area contributed by atoms with Crippen molar-refractivity contribution < 1.29 is 9.18 Å². The number of carbonyl (C=O) groups excluding carboxylic acids is 1. The van der Waals surface area contributed by atoms with Crippen LogP contribution in [0.4, 0.5) is 4.39 Å². The van der Waals surface area contributed by atoms with Crippen LogP contribution in [0.25, 0.3) is 0 Å². The highest BCUT2D eigenvalue weighted by atomic mass is 19.1. The van der Waals surface area contributed by atoms with E-state index >= 15 is 0 Å². The molecular formula is C14H16FNO. The number of nitrogens with one attached hydrogen (secondary N) is 1. The summed E-state index contributed by atoms with van der Waals surface area (Å²) in [7, 11) is 0. The van der Waals surface area contributed by atoms with Crippen LogP contribution >= 0.6 is 0 Å². The second-order valence-electron chi connectivity index (χ2n) is 5.18. The highest BCUT2D eigenvalue weighted by Crippen LogP contribution is 2.51. The van der Waals surface area contributed by atoms with Crippen LogP contribution in [0.15, 0.2) is 24.3 Å². The molecule has 1 N–H and O–H groups in total. The van der Waals surface area contributed by atoms with Gasteiger partial charge in [0.15, 0.2) is 0 Å². The lowest BCUT2D eigenvalue weighted by Crippen LogP contribution is -2.31. The maximum absolute atomic E-state index is 12.9. The van der Waals surface area contributed by atoms with Crippen LogP contribution in [0.3, 0.4) is 0 Å².